The molecule has 0 spiro atoms. The third-order valence-corrected chi connectivity index (χ3v) is 2.42. The molecule has 6 heteroatoms. The molecule has 0 aliphatic rings. The van der Waals surface area contributed by atoms with Crippen molar-refractivity contribution in [1.29, 1.82) is 0 Å². The van der Waals surface area contributed by atoms with Gasteiger partial charge in [-0.25, -0.2) is 0 Å². The van der Waals surface area contributed by atoms with Gasteiger partial charge in [0.2, 0.25) is 0 Å². The van der Waals surface area contributed by atoms with Crippen LogP contribution in [0.4, 0.5) is 18.9 Å². The Morgan fingerprint density at radius 3 is 2.59 bits per heavy atom. The lowest BCUT2D eigenvalue weighted by Gasteiger charge is -2.10. The summed E-state index contributed by atoms with van der Waals surface area (Å²) in [7, 11) is 0. The number of benzene rings is 1. The monoisotopic (exact) mass is 241 g/mol. The van der Waals surface area contributed by atoms with Crippen LogP contribution in [0.2, 0.25) is 0 Å². The Labute approximate surface area is 95.5 Å². The smallest absolute Gasteiger partial charge is 0.398 e. The maximum Gasteiger partial charge on any atom is 0.416 e. The molecule has 0 aliphatic heterocycles. The maximum atomic E-state index is 12.4. The third-order valence-electron chi connectivity index (χ3n) is 2.42. The second kappa shape index (κ2) is 4.12. The molecule has 2 rings (SSSR count). The summed E-state index contributed by atoms with van der Waals surface area (Å²) in [6, 6.07) is 3.38. The zero-order chi connectivity index (χ0) is 12.5. The quantitative estimate of drug-likeness (QED) is 0.794. The van der Waals surface area contributed by atoms with Crippen LogP contribution in [0.3, 0.4) is 0 Å². The fraction of sp³-hybridized carbons (Fsp3) is 0.182. The van der Waals surface area contributed by atoms with Crippen LogP contribution in [0.5, 0.6) is 0 Å². The fourth-order valence-corrected chi connectivity index (χ4v) is 1.53. The Kier molecular flexibility index (Phi) is 2.79. The lowest BCUT2D eigenvalue weighted by Crippen LogP contribution is -2.06. The first-order valence-corrected chi connectivity index (χ1v) is 4.90. The van der Waals surface area contributed by atoms with Crippen molar-refractivity contribution in [2.24, 2.45) is 0 Å². The van der Waals surface area contributed by atoms with Gasteiger partial charge in [0.1, 0.15) is 0 Å². The first-order chi connectivity index (χ1) is 7.97. The number of aromatic amines is 1. The number of hydrogen-bond acceptors (Lipinski definition) is 2. The number of rotatable bonds is 2. The predicted octanol–water partition coefficient (Wildman–Crippen LogP) is 2.60. The molecule has 0 atom stereocenters. The lowest BCUT2D eigenvalue weighted by molar-refractivity contribution is -0.137. The van der Waals surface area contributed by atoms with E-state index in [-0.39, 0.29) is 5.69 Å². The topological polar surface area (TPSA) is 54.7 Å². The third kappa shape index (κ3) is 2.58. The molecule has 0 amide bonds. The summed E-state index contributed by atoms with van der Waals surface area (Å²) in [5.41, 5.74) is 6.54. The van der Waals surface area contributed by atoms with Crippen LogP contribution in [0.25, 0.3) is 0 Å². The van der Waals surface area contributed by atoms with Crippen LogP contribution in [-0.2, 0) is 12.6 Å². The van der Waals surface area contributed by atoms with Crippen molar-refractivity contribution in [3.8, 4) is 0 Å². The number of aromatic nitrogens is 2. The summed E-state index contributed by atoms with van der Waals surface area (Å²) >= 11 is 0. The van der Waals surface area contributed by atoms with E-state index < -0.39 is 11.7 Å². The average Bonchev–Trinajstić information content (AvgIpc) is 2.72. The molecule has 1 aromatic carbocycles. The Balaban J connectivity index is 2.26. The van der Waals surface area contributed by atoms with E-state index in [2.05, 4.69) is 10.2 Å². The standard InChI is InChI=1S/C11H10F3N3/c12-11(13,14)9-2-1-8(10(15)4-9)3-7-5-16-17-6-7/h1-2,4-6H,3,15H2,(H,16,17). The summed E-state index contributed by atoms with van der Waals surface area (Å²) in [6.07, 6.45) is -0.614. The van der Waals surface area contributed by atoms with Crippen molar-refractivity contribution < 1.29 is 13.2 Å². The highest BCUT2D eigenvalue weighted by Crippen LogP contribution is 2.31. The van der Waals surface area contributed by atoms with Gasteiger partial charge in [0.25, 0.3) is 0 Å². The molecule has 1 aromatic heterocycles. The molecule has 0 fully saturated rings. The minimum Gasteiger partial charge on any atom is -0.398 e. The maximum absolute atomic E-state index is 12.4. The summed E-state index contributed by atoms with van der Waals surface area (Å²) in [4.78, 5) is 0. The number of nitrogens with one attached hydrogen (secondary N) is 1. The second-order valence-corrected chi connectivity index (χ2v) is 3.69. The summed E-state index contributed by atoms with van der Waals surface area (Å²) < 4.78 is 37.2. The molecule has 17 heavy (non-hydrogen) atoms. The van der Waals surface area contributed by atoms with Gasteiger partial charge in [-0.1, -0.05) is 6.07 Å². The Hall–Kier alpha value is -1.98. The first kappa shape index (κ1) is 11.5. The van der Waals surface area contributed by atoms with E-state index in [1.165, 1.54) is 6.07 Å². The Morgan fingerprint density at radius 2 is 2.06 bits per heavy atom. The highest BCUT2D eigenvalue weighted by Gasteiger charge is 2.30. The summed E-state index contributed by atoms with van der Waals surface area (Å²) in [5.74, 6) is 0. The molecule has 0 radical (unpaired) electrons. The van der Waals surface area contributed by atoms with Crippen LogP contribution in [0, 0.1) is 0 Å². The van der Waals surface area contributed by atoms with Gasteiger partial charge in [-0.15, -0.1) is 0 Å². The molecule has 90 valence electrons. The van der Waals surface area contributed by atoms with E-state index in [1.807, 2.05) is 0 Å². The molecular formula is C11H10F3N3. The van der Waals surface area contributed by atoms with Crippen LogP contribution < -0.4 is 5.73 Å². The highest BCUT2D eigenvalue weighted by molar-refractivity contribution is 5.51. The zero-order valence-corrected chi connectivity index (χ0v) is 8.75. The fourth-order valence-electron chi connectivity index (χ4n) is 1.53. The van der Waals surface area contributed by atoms with Crippen molar-refractivity contribution in [3.63, 3.8) is 0 Å². The first-order valence-electron chi connectivity index (χ1n) is 4.90. The molecule has 0 saturated carbocycles. The van der Waals surface area contributed by atoms with E-state index >= 15 is 0 Å². The molecule has 1 heterocycles. The van der Waals surface area contributed by atoms with Gasteiger partial charge < -0.3 is 5.73 Å². The molecule has 2 aromatic rings. The summed E-state index contributed by atoms with van der Waals surface area (Å²) in [6.45, 7) is 0. The Morgan fingerprint density at radius 1 is 1.29 bits per heavy atom. The number of H-pyrrole nitrogens is 1. The largest absolute Gasteiger partial charge is 0.416 e. The number of nitrogens with zero attached hydrogens (tertiary/aromatic N) is 1. The molecule has 0 aliphatic carbocycles. The number of nitrogens with two attached hydrogens (primary N) is 1. The van der Waals surface area contributed by atoms with E-state index in [0.29, 0.717) is 12.0 Å². The SMILES string of the molecule is Nc1cc(C(F)(F)F)ccc1Cc1cn[nH]c1. The van der Waals surface area contributed by atoms with Crippen molar-refractivity contribution >= 4 is 5.69 Å². The number of anilines is 1. The van der Waals surface area contributed by atoms with Crippen LogP contribution in [-0.4, -0.2) is 10.2 Å². The Bertz CT molecular complexity index is 503. The van der Waals surface area contributed by atoms with Crippen molar-refractivity contribution in [2.75, 3.05) is 5.73 Å². The molecular weight excluding hydrogens is 231 g/mol. The summed E-state index contributed by atoms with van der Waals surface area (Å²) in [5, 5.41) is 6.39. The molecule has 3 N–H and O–H groups in total. The number of hydrogen-bond donors (Lipinski definition) is 2. The highest BCUT2D eigenvalue weighted by atomic mass is 19.4. The molecule has 0 unspecified atom stereocenters. The minimum absolute atomic E-state index is 0.140. The number of halogens is 3. The van der Waals surface area contributed by atoms with Gasteiger partial charge in [0.15, 0.2) is 0 Å². The van der Waals surface area contributed by atoms with Crippen molar-refractivity contribution in [3.05, 3.63) is 47.3 Å². The van der Waals surface area contributed by atoms with Gasteiger partial charge in [0.05, 0.1) is 11.8 Å². The van der Waals surface area contributed by atoms with Gasteiger partial charge in [-0.2, -0.15) is 18.3 Å². The molecule has 0 bridgehead atoms. The van der Waals surface area contributed by atoms with E-state index in [9.17, 15) is 13.2 Å². The van der Waals surface area contributed by atoms with Crippen LogP contribution >= 0.6 is 0 Å². The number of nitrogen functional groups attached to an aromatic ring is 1. The van der Waals surface area contributed by atoms with Crippen LogP contribution in [0.1, 0.15) is 16.7 Å². The van der Waals surface area contributed by atoms with E-state index in [4.69, 9.17) is 5.73 Å². The van der Waals surface area contributed by atoms with Gasteiger partial charge in [0, 0.05) is 18.3 Å². The van der Waals surface area contributed by atoms with Gasteiger partial charge in [-0.05, 0) is 23.3 Å². The lowest BCUT2D eigenvalue weighted by atomic mass is 10.0. The molecule has 3 nitrogen and oxygen atoms in total. The van der Waals surface area contributed by atoms with Gasteiger partial charge in [-0.3, -0.25) is 5.10 Å². The van der Waals surface area contributed by atoms with Crippen molar-refractivity contribution in [1.82, 2.24) is 10.2 Å². The second-order valence-electron chi connectivity index (χ2n) is 3.69. The van der Waals surface area contributed by atoms with E-state index in [0.717, 1.165) is 17.7 Å². The minimum atomic E-state index is -4.36. The van der Waals surface area contributed by atoms with E-state index in [1.54, 1.807) is 12.4 Å². The zero-order valence-electron chi connectivity index (χ0n) is 8.75. The van der Waals surface area contributed by atoms with Crippen molar-refractivity contribution in [2.45, 2.75) is 12.6 Å². The normalized spacial score (nSPS) is 11.7. The van der Waals surface area contributed by atoms with Gasteiger partial charge >= 0.3 is 6.18 Å². The number of alkyl halides is 3. The predicted molar refractivity (Wildman–Crippen MR) is 57.3 cm³/mol. The average molecular weight is 241 g/mol. The van der Waals surface area contributed by atoms with Crippen LogP contribution in [0.15, 0.2) is 30.6 Å². The molecule has 0 saturated heterocycles.